The maximum atomic E-state index is 6.59. The van der Waals surface area contributed by atoms with Crippen molar-refractivity contribution >= 4 is 15.9 Å². The molecule has 0 aromatic carbocycles. The maximum absolute atomic E-state index is 6.59. The van der Waals surface area contributed by atoms with Gasteiger partial charge >= 0.3 is 0 Å². The van der Waals surface area contributed by atoms with Crippen LogP contribution in [0, 0.1) is 0 Å². The average Bonchev–Trinajstić information content (AvgIpc) is 2.75. The van der Waals surface area contributed by atoms with E-state index in [2.05, 4.69) is 72.9 Å². The molecule has 0 aliphatic carbocycles. The first-order valence-corrected chi connectivity index (χ1v) is 7.82. The van der Waals surface area contributed by atoms with Crippen molar-refractivity contribution < 1.29 is 0 Å². The van der Waals surface area contributed by atoms with Crippen molar-refractivity contribution in [3.05, 3.63) is 16.4 Å². The molecule has 1 heterocycles. The molecule has 0 aliphatic rings. The summed E-state index contributed by atoms with van der Waals surface area (Å²) in [6, 6.07) is -0.0958. The fourth-order valence-corrected chi connectivity index (χ4v) is 2.81. The lowest BCUT2D eigenvalue weighted by Gasteiger charge is -2.41. The van der Waals surface area contributed by atoms with Crippen molar-refractivity contribution in [2.45, 2.75) is 38.4 Å². The molecule has 0 aliphatic heterocycles. The third-order valence-electron chi connectivity index (χ3n) is 4.29. The summed E-state index contributed by atoms with van der Waals surface area (Å²) in [5.74, 6) is 0. The van der Waals surface area contributed by atoms with Gasteiger partial charge in [0.1, 0.15) is 0 Å². The number of hydrogen-bond acceptors (Lipinski definition) is 4. The minimum atomic E-state index is -0.0988. The minimum absolute atomic E-state index is 0.0958. The highest BCUT2D eigenvalue weighted by Gasteiger charge is 2.36. The van der Waals surface area contributed by atoms with Gasteiger partial charge in [-0.1, -0.05) is 6.92 Å². The number of aromatic nitrogens is 2. The monoisotopic (exact) mass is 345 g/mol. The first-order valence-electron chi connectivity index (χ1n) is 7.03. The summed E-state index contributed by atoms with van der Waals surface area (Å²) in [5, 5.41) is 4.46. The van der Waals surface area contributed by atoms with Gasteiger partial charge in [-0.3, -0.25) is 4.68 Å². The highest BCUT2D eigenvalue weighted by molar-refractivity contribution is 9.10. The topological polar surface area (TPSA) is 50.3 Å². The predicted molar refractivity (Wildman–Crippen MR) is 87.8 cm³/mol. The van der Waals surface area contributed by atoms with Gasteiger partial charge in [0.2, 0.25) is 0 Å². The lowest BCUT2D eigenvalue weighted by Crippen LogP contribution is -2.50. The number of hydrogen-bond donors (Lipinski definition) is 1. The Bertz CT molecular complexity index is 429. The van der Waals surface area contributed by atoms with Crippen molar-refractivity contribution in [3.63, 3.8) is 0 Å². The van der Waals surface area contributed by atoms with Crippen molar-refractivity contribution in [2.75, 3.05) is 34.7 Å². The van der Waals surface area contributed by atoms with Gasteiger partial charge in [0.05, 0.1) is 29.0 Å². The molecular weight excluding hydrogens is 318 g/mol. The largest absolute Gasteiger partial charge is 0.321 e. The molecule has 0 amide bonds. The molecule has 0 spiro atoms. The van der Waals surface area contributed by atoms with E-state index < -0.39 is 0 Å². The summed E-state index contributed by atoms with van der Waals surface area (Å²) in [4.78, 5) is 4.35. The highest BCUT2D eigenvalue weighted by atomic mass is 79.9. The van der Waals surface area contributed by atoms with Gasteiger partial charge in [-0.05, 0) is 57.5 Å². The Morgan fingerprint density at radius 2 is 2.00 bits per heavy atom. The number of likely N-dealkylation sites (N-methyl/N-ethyl adjacent to an activating group) is 2. The molecule has 6 heteroatoms. The number of nitrogens with two attached hydrogens (primary N) is 1. The lowest BCUT2D eigenvalue weighted by molar-refractivity contribution is 0.127. The van der Waals surface area contributed by atoms with Crippen LogP contribution in [-0.2, 0) is 6.54 Å². The Balaban J connectivity index is 3.08. The molecule has 0 saturated heterocycles. The van der Waals surface area contributed by atoms with Gasteiger partial charge in [0, 0.05) is 12.1 Å². The molecule has 20 heavy (non-hydrogen) atoms. The molecule has 2 unspecified atom stereocenters. The smallest absolute Gasteiger partial charge is 0.0712 e. The second-order valence-electron chi connectivity index (χ2n) is 5.99. The molecule has 2 atom stereocenters. The molecular formula is C14H28BrN5. The summed E-state index contributed by atoms with van der Waals surface area (Å²) in [5.41, 5.74) is 7.57. The zero-order chi connectivity index (χ0) is 15.5. The van der Waals surface area contributed by atoms with Crippen LogP contribution in [0.2, 0.25) is 0 Å². The Hall–Kier alpha value is -0.430. The van der Waals surface area contributed by atoms with Crippen molar-refractivity contribution in [1.29, 1.82) is 0 Å². The Morgan fingerprint density at radius 1 is 1.40 bits per heavy atom. The fraction of sp³-hybridized carbons (Fsp3) is 0.786. The SMILES string of the molecule is CCC(C)(C(N)c1c(Br)cnn1CCN(C)C)N(C)C. The van der Waals surface area contributed by atoms with E-state index in [9.17, 15) is 0 Å². The van der Waals surface area contributed by atoms with Gasteiger partial charge < -0.3 is 15.5 Å². The Labute approximate surface area is 131 Å². The summed E-state index contributed by atoms with van der Waals surface area (Å²) < 4.78 is 3.01. The van der Waals surface area contributed by atoms with Crippen LogP contribution in [0.4, 0.5) is 0 Å². The standard InChI is InChI=1S/C14H28BrN5/c1-7-14(2,19(5)6)13(16)12-11(15)10-17-20(12)9-8-18(3)4/h10,13H,7-9,16H2,1-6H3. The van der Waals surface area contributed by atoms with Crippen LogP contribution in [0.1, 0.15) is 32.0 Å². The molecule has 116 valence electrons. The van der Waals surface area contributed by atoms with Crippen molar-refractivity contribution in [1.82, 2.24) is 19.6 Å². The van der Waals surface area contributed by atoms with E-state index in [-0.39, 0.29) is 11.6 Å². The molecule has 0 radical (unpaired) electrons. The van der Waals surface area contributed by atoms with Crippen molar-refractivity contribution in [2.24, 2.45) is 5.73 Å². The molecule has 1 aromatic rings. The van der Waals surface area contributed by atoms with Gasteiger partial charge in [0.15, 0.2) is 0 Å². The van der Waals surface area contributed by atoms with Crippen LogP contribution in [0.25, 0.3) is 0 Å². The quantitative estimate of drug-likeness (QED) is 0.820. The Kier molecular flexibility index (Phi) is 6.19. The van der Waals surface area contributed by atoms with Gasteiger partial charge in [0.25, 0.3) is 0 Å². The summed E-state index contributed by atoms with van der Waals surface area (Å²) >= 11 is 3.60. The third-order valence-corrected chi connectivity index (χ3v) is 4.91. The summed E-state index contributed by atoms with van der Waals surface area (Å²) in [7, 11) is 8.29. The second kappa shape index (κ2) is 7.02. The summed E-state index contributed by atoms with van der Waals surface area (Å²) in [6.07, 6.45) is 2.82. The number of rotatable bonds is 7. The first-order chi connectivity index (χ1) is 9.24. The molecule has 2 N–H and O–H groups in total. The minimum Gasteiger partial charge on any atom is -0.321 e. The molecule has 1 aromatic heterocycles. The van der Waals surface area contributed by atoms with Crippen LogP contribution in [0.5, 0.6) is 0 Å². The predicted octanol–water partition coefficient (Wildman–Crippen LogP) is 1.94. The van der Waals surface area contributed by atoms with E-state index in [1.165, 1.54) is 0 Å². The zero-order valence-corrected chi connectivity index (χ0v) is 15.1. The van der Waals surface area contributed by atoms with E-state index in [4.69, 9.17) is 5.73 Å². The Morgan fingerprint density at radius 3 is 2.45 bits per heavy atom. The normalized spacial score (nSPS) is 16.7. The van der Waals surface area contributed by atoms with Crippen LogP contribution >= 0.6 is 15.9 Å². The number of halogens is 1. The van der Waals surface area contributed by atoms with Crippen LogP contribution < -0.4 is 5.73 Å². The lowest BCUT2D eigenvalue weighted by atomic mass is 9.86. The molecule has 0 saturated carbocycles. The zero-order valence-electron chi connectivity index (χ0n) is 13.5. The number of nitrogens with zero attached hydrogens (tertiary/aromatic N) is 4. The average molecular weight is 346 g/mol. The van der Waals surface area contributed by atoms with E-state index >= 15 is 0 Å². The maximum Gasteiger partial charge on any atom is 0.0712 e. The second-order valence-corrected chi connectivity index (χ2v) is 6.84. The first kappa shape index (κ1) is 17.6. The molecule has 1 rings (SSSR count). The third kappa shape index (κ3) is 3.61. The van der Waals surface area contributed by atoms with Gasteiger partial charge in [-0.25, -0.2) is 0 Å². The molecule has 0 bridgehead atoms. The van der Waals surface area contributed by atoms with Crippen LogP contribution in [-0.4, -0.2) is 59.9 Å². The van der Waals surface area contributed by atoms with Crippen LogP contribution in [0.15, 0.2) is 10.7 Å². The fourth-order valence-electron chi connectivity index (χ4n) is 2.26. The van der Waals surface area contributed by atoms with E-state index in [0.717, 1.165) is 29.7 Å². The van der Waals surface area contributed by atoms with Gasteiger partial charge in [-0.15, -0.1) is 0 Å². The van der Waals surface area contributed by atoms with Crippen LogP contribution in [0.3, 0.4) is 0 Å². The highest BCUT2D eigenvalue weighted by Crippen LogP contribution is 2.34. The molecule has 5 nitrogen and oxygen atoms in total. The van der Waals surface area contributed by atoms with E-state index in [1.54, 1.807) is 0 Å². The molecule has 0 fully saturated rings. The van der Waals surface area contributed by atoms with Gasteiger partial charge in [-0.2, -0.15) is 5.10 Å². The van der Waals surface area contributed by atoms with E-state index in [0.29, 0.717) is 0 Å². The van der Waals surface area contributed by atoms with E-state index in [1.807, 2.05) is 10.9 Å². The van der Waals surface area contributed by atoms with Crippen molar-refractivity contribution in [3.8, 4) is 0 Å². The summed E-state index contributed by atoms with van der Waals surface area (Å²) in [6.45, 7) is 6.16.